The van der Waals surface area contributed by atoms with E-state index in [2.05, 4.69) is 22.5 Å². The summed E-state index contributed by atoms with van der Waals surface area (Å²) in [5.74, 6) is 1.47. The maximum Gasteiger partial charge on any atom is 0.112 e. The first-order valence-corrected chi connectivity index (χ1v) is 6.77. The van der Waals surface area contributed by atoms with Gasteiger partial charge in [0.2, 0.25) is 0 Å². The zero-order chi connectivity index (χ0) is 12.8. The SMILES string of the molecule is CCC(O)(Cc1nc2ccccc2n1C)C1CC1. The lowest BCUT2D eigenvalue weighted by molar-refractivity contribution is 0.0116. The second-order valence-corrected chi connectivity index (χ2v) is 5.48. The summed E-state index contributed by atoms with van der Waals surface area (Å²) >= 11 is 0. The van der Waals surface area contributed by atoms with E-state index < -0.39 is 5.60 Å². The van der Waals surface area contributed by atoms with Gasteiger partial charge < -0.3 is 9.67 Å². The van der Waals surface area contributed by atoms with Crippen LogP contribution in [0, 0.1) is 5.92 Å². The number of hydrogen-bond donors (Lipinski definition) is 1. The molecule has 1 atom stereocenters. The van der Waals surface area contributed by atoms with E-state index in [1.54, 1.807) is 0 Å². The number of imidazole rings is 1. The fourth-order valence-electron chi connectivity index (χ4n) is 2.81. The lowest BCUT2D eigenvalue weighted by Gasteiger charge is -2.26. The smallest absolute Gasteiger partial charge is 0.112 e. The molecule has 0 bridgehead atoms. The molecule has 0 amide bonds. The molecule has 0 spiro atoms. The quantitative estimate of drug-likeness (QED) is 0.898. The van der Waals surface area contributed by atoms with E-state index in [0.717, 1.165) is 36.1 Å². The first-order valence-electron chi connectivity index (χ1n) is 6.77. The summed E-state index contributed by atoms with van der Waals surface area (Å²) in [5, 5.41) is 10.7. The van der Waals surface area contributed by atoms with Crippen LogP contribution >= 0.6 is 0 Å². The van der Waals surface area contributed by atoms with Gasteiger partial charge in [0.25, 0.3) is 0 Å². The van der Waals surface area contributed by atoms with Crippen LogP contribution in [0.1, 0.15) is 32.0 Å². The minimum absolute atomic E-state index is 0.474. The molecule has 1 aromatic carbocycles. The van der Waals surface area contributed by atoms with Crippen molar-refractivity contribution in [1.29, 1.82) is 0 Å². The van der Waals surface area contributed by atoms with Crippen LogP contribution in [-0.2, 0) is 13.5 Å². The molecule has 1 unspecified atom stereocenters. The van der Waals surface area contributed by atoms with E-state index in [4.69, 9.17) is 0 Å². The maximum atomic E-state index is 10.7. The fourth-order valence-corrected chi connectivity index (χ4v) is 2.81. The largest absolute Gasteiger partial charge is 0.389 e. The van der Waals surface area contributed by atoms with Gasteiger partial charge >= 0.3 is 0 Å². The Labute approximate surface area is 107 Å². The normalized spacial score (nSPS) is 19.1. The highest BCUT2D eigenvalue weighted by atomic mass is 16.3. The van der Waals surface area contributed by atoms with Crippen molar-refractivity contribution in [2.75, 3.05) is 0 Å². The number of fused-ring (bicyclic) bond motifs is 1. The van der Waals surface area contributed by atoms with Crippen LogP contribution in [0.2, 0.25) is 0 Å². The lowest BCUT2D eigenvalue weighted by atomic mass is 9.90. The molecular weight excluding hydrogens is 224 g/mol. The minimum Gasteiger partial charge on any atom is -0.389 e. The summed E-state index contributed by atoms with van der Waals surface area (Å²) in [6.45, 7) is 2.07. The number of benzene rings is 1. The number of rotatable bonds is 4. The van der Waals surface area contributed by atoms with Crippen molar-refractivity contribution in [3.63, 3.8) is 0 Å². The van der Waals surface area contributed by atoms with Crippen molar-refractivity contribution < 1.29 is 5.11 Å². The molecule has 1 aliphatic rings. The summed E-state index contributed by atoms with van der Waals surface area (Å²) in [4.78, 5) is 4.66. The zero-order valence-corrected chi connectivity index (χ0v) is 11.1. The Hall–Kier alpha value is -1.35. The summed E-state index contributed by atoms with van der Waals surface area (Å²) in [7, 11) is 2.04. The molecule has 96 valence electrons. The van der Waals surface area contributed by atoms with Crippen molar-refractivity contribution in [2.45, 2.75) is 38.2 Å². The number of hydrogen-bond acceptors (Lipinski definition) is 2. The highest BCUT2D eigenvalue weighted by Gasteiger charge is 2.43. The van der Waals surface area contributed by atoms with Crippen molar-refractivity contribution in [3.05, 3.63) is 30.1 Å². The third-order valence-corrected chi connectivity index (χ3v) is 4.29. The van der Waals surface area contributed by atoms with E-state index in [0.29, 0.717) is 12.3 Å². The van der Waals surface area contributed by atoms with Crippen LogP contribution in [0.25, 0.3) is 11.0 Å². The maximum absolute atomic E-state index is 10.7. The molecule has 2 aromatic rings. The highest BCUT2D eigenvalue weighted by molar-refractivity contribution is 5.75. The number of nitrogens with zero attached hydrogens (tertiary/aromatic N) is 2. The molecule has 1 saturated carbocycles. The molecule has 1 N–H and O–H groups in total. The average molecular weight is 244 g/mol. The summed E-state index contributed by atoms with van der Waals surface area (Å²) in [5.41, 5.74) is 1.60. The Bertz CT molecular complexity index is 571. The fraction of sp³-hybridized carbons (Fsp3) is 0.533. The van der Waals surface area contributed by atoms with Crippen LogP contribution < -0.4 is 0 Å². The summed E-state index contributed by atoms with van der Waals surface area (Å²) in [6, 6.07) is 8.14. The van der Waals surface area contributed by atoms with Crippen LogP contribution in [0.4, 0.5) is 0 Å². The monoisotopic (exact) mass is 244 g/mol. The van der Waals surface area contributed by atoms with Gasteiger partial charge in [-0.2, -0.15) is 0 Å². The molecule has 3 nitrogen and oxygen atoms in total. The van der Waals surface area contributed by atoms with Gasteiger partial charge in [0, 0.05) is 13.5 Å². The number of aryl methyl sites for hydroxylation is 1. The molecule has 0 radical (unpaired) electrons. The molecule has 3 heteroatoms. The average Bonchev–Trinajstić information content (AvgIpc) is 3.18. The zero-order valence-electron chi connectivity index (χ0n) is 11.1. The van der Waals surface area contributed by atoms with Gasteiger partial charge in [0.05, 0.1) is 16.6 Å². The summed E-state index contributed by atoms with van der Waals surface area (Å²) in [6.07, 6.45) is 3.79. The van der Waals surface area contributed by atoms with Crippen molar-refractivity contribution in [2.24, 2.45) is 13.0 Å². The molecule has 1 fully saturated rings. The van der Waals surface area contributed by atoms with Gasteiger partial charge in [-0.1, -0.05) is 19.1 Å². The standard InChI is InChI=1S/C15H20N2O/c1-3-15(18,11-8-9-11)10-14-16-12-6-4-5-7-13(12)17(14)2/h4-7,11,18H,3,8-10H2,1-2H3. The van der Waals surface area contributed by atoms with E-state index >= 15 is 0 Å². The molecule has 0 saturated heterocycles. The van der Waals surface area contributed by atoms with Gasteiger partial charge in [-0.25, -0.2) is 4.98 Å². The molecule has 3 rings (SSSR count). The van der Waals surface area contributed by atoms with Gasteiger partial charge in [0.1, 0.15) is 5.82 Å². The van der Waals surface area contributed by atoms with Gasteiger partial charge in [-0.05, 0) is 37.3 Å². The number of aliphatic hydroxyl groups is 1. The van der Waals surface area contributed by atoms with Gasteiger partial charge in [-0.3, -0.25) is 0 Å². The van der Waals surface area contributed by atoms with Crippen molar-refractivity contribution in [3.8, 4) is 0 Å². The third kappa shape index (κ3) is 1.83. The topological polar surface area (TPSA) is 38.1 Å². The van der Waals surface area contributed by atoms with Crippen LogP contribution in [0.5, 0.6) is 0 Å². The summed E-state index contributed by atoms with van der Waals surface area (Å²) < 4.78 is 2.11. The Morgan fingerprint density at radius 3 is 2.72 bits per heavy atom. The van der Waals surface area contributed by atoms with Crippen LogP contribution in [0.3, 0.4) is 0 Å². The van der Waals surface area contributed by atoms with Crippen LogP contribution in [-0.4, -0.2) is 20.3 Å². The Morgan fingerprint density at radius 1 is 1.39 bits per heavy atom. The highest BCUT2D eigenvalue weighted by Crippen LogP contribution is 2.43. The van der Waals surface area contributed by atoms with E-state index in [-0.39, 0.29) is 0 Å². The first kappa shape index (κ1) is 11.7. The molecule has 18 heavy (non-hydrogen) atoms. The van der Waals surface area contributed by atoms with Gasteiger partial charge in [-0.15, -0.1) is 0 Å². The molecule has 1 heterocycles. The molecule has 1 aliphatic carbocycles. The Balaban J connectivity index is 1.97. The van der Waals surface area contributed by atoms with Crippen LogP contribution in [0.15, 0.2) is 24.3 Å². The Morgan fingerprint density at radius 2 is 2.11 bits per heavy atom. The van der Waals surface area contributed by atoms with Gasteiger partial charge in [0.15, 0.2) is 0 Å². The van der Waals surface area contributed by atoms with Crippen molar-refractivity contribution >= 4 is 11.0 Å². The Kier molecular flexibility index (Phi) is 2.67. The molecule has 1 aromatic heterocycles. The second kappa shape index (κ2) is 4.09. The first-order chi connectivity index (χ1) is 8.64. The molecular formula is C15H20N2O. The predicted molar refractivity (Wildman–Crippen MR) is 72.4 cm³/mol. The second-order valence-electron chi connectivity index (χ2n) is 5.48. The van der Waals surface area contributed by atoms with E-state index in [9.17, 15) is 5.11 Å². The number of para-hydroxylation sites is 2. The third-order valence-electron chi connectivity index (χ3n) is 4.29. The predicted octanol–water partition coefficient (Wildman–Crippen LogP) is 2.67. The number of aromatic nitrogens is 2. The minimum atomic E-state index is -0.560. The van der Waals surface area contributed by atoms with Crippen molar-refractivity contribution in [1.82, 2.24) is 9.55 Å². The lowest BCUT2D eigenvalue weighted by Crippen LogP contribution is -2.34. The van der Waals surface area contributed by atoms with E-state index in [1.165, 1.54) is 0 Å². The molecule has 0 aliphatic heterocycles. The van der Waals surface area contributed by atoms with E-state index in [1.807, 2.05) is 25.2 Å².